The van der Waals surface area contributed by atoms with Crippen LogP contribution in [0, 0.1) is 0 Å². The first-order chi connectivity index (χ1) is 13.0. The van der Waals surface area contributed by atoms with E-state index < -0.39 is 6.26 Å². The Kier molecular flexibility index (Phi) is 6.54. The maximum atomic E-state index is 6.57. The van der Waals surface area contributed by atoms with E-state index in [0.29, 0.717) is 0 Å². The summed E-state index contributed by atoms with van der Waals surface area (Å²) in [5, 5.41) is 0.0262. The second kappa shape index (κ2) is 8.53. The molecule has 0 bridgehead atoms. The van der Waals surface area contributed by atoms with Crippen LogP contribution in [0.1, 0.15) is 31.4 Å². The van der Waals surface area contributed by atoms with Gasteiger partial charge in [0.05, 0.1) is 10.5 Å². The molecule has 0 aromatic heterocycles. The van der Waals surface area contributed by atoms with Crippen LogP contribution in [0.4, 0.5) is 0 Å². The van der Waals surface area contributed by atoms with E-state index in [2.05, 4.69) is 74.5 Å². The van der Waals surface area contributed by atoms with Gasteiger partial charge in [0.1, 0.15) is 12.0 Å². The number of allylic oxidation sites excluding steroid dienone is 3. The molecule has 2 aromatic rings. The fraction of sp³-hybridized carbons (Fsp3) is 0.273. The van der Waals surface area contributed by atoms with Crippen molar-refractivity contribution in [2.24, 2.45) is 0 Å². The summed E-state index contributed by atoms with van der Waals surface area (Å²) >= 11 is 15.8. The number of hydrogen-bond acceptors (Lipinski definition) is 2. The van der Waals surface area contributed by atoms with Crippen molar-refractivity contribution in [2.45, 2.75) is 25.4 Å². The van der Waals surface area contributed by atoms with Crippen molar-refractivity contribution in [1.29, 1.82) is 0 Å². The Labute approximate surface area is 177 Å². The first-order valence-electron chi connectivity index (χ1n) is 8.85. The molecule has 2 aromatic carbocycles. The molecular formula is C22H23Cl2OPS. The smallest absolute Gasteiger partial charge is 0.133 e. The van der Waals surface area contributed by atoms with Crippen molar-refractivity contribution >= 4 is 47.0 Å². The number of hydrogen-bond donors (Lipinski definition) is 0. The van der Waals surface area contributed by atoms with Crippen LogP contribution >= 0.6 is 29.5 Å². The monoisotopic (exact) mass is 436 g/mol. The summed E-state index contributed by atoms with van der Waals surface area (Å²) in [5.41, 5.74) is 5.29. The lowest BCUT2D eigenvalue weighted by Crippen LogP contribution is -2.27. The number of fused-ring (bicyclic) bond motifs is 1. The van der Waals surface area contributed by atoms with Gasteiger partial charge in [-0.05, 0) is 31.9 Å². The molecule has 0 spiro atoms. The number of rotatable bonds is 2. The lowest BCUT2D eigenvalue weighted by Gasteiger charge is -2.41. The third kappa shape index (κ3) is 3.91. The molecule has 4 rings (SSSR count). The Morgan fingerprint density at radius 1 is 0.963 bits per heavy atom. The summed E-state index contributed by atoms with van der Waals surface area (Å²) in [6.07, 6.45) is 2.14. The zero-order valence-electron chi connectivity index (χ0n) is 15.5. The van der Waals surface area contributed by atoms with Gasteiger partial charge in [-0.25, -0.2) is 0 Å². The van der Waals surface area contributed by atoms with E-state index in [4.69, 9.17) is 39.5 Å². The van der Waals surface area contributed by atoms with Crippen LogP contribution in [-0.2, 0) is 21.5 Å². The van der Waals surface area contributed by atoms with Gasteiger partial charge in [-0.1, -0.05) is 83.6 Å². The lowest BCUT2D eigenvalue weighted by molar-refractivity contribution is 0.563. The third-order valence-electron chi connectivity index (χ3n) is 5.26. The van der Waals surface area contributed by atoms with Gasteiger partial charge in [0, 0.05) is 11.7 Å². The molecular weight excluding hydrogens is 414 g/mol. The van der Waals surface area contributed by atoms with Gasteiger partial charge >= 0.3 is 0 Å². The maximum Gasteiger partial charge on any atom is 0.133 e. The molecule has 2 aliphatic heterocycles. The zero-order valence-corrected chi connectivity index (χ0v) is 18.7. The Morgan fingerprint density at radius 3 is 2.11 bits per heavy atom. The summed E-state index contributed by atoms with van der Waals surface area (Å²) in [5.74, 6) is 0.963. The molecule has 5 heteroatoms. The molecule has 2 heterocycles. The Bertz CT molecular complexity index is 908. The van der Waals surface area contributed by atoms with Crippen LogP contribution < -0.4 is 0 Å². The predicted molar refractivity (Wildman–Crippen MR) is 122 cm³/mol. The summed E-state index contributed by atoms with van der Waals surface area (Å²) in [7, 11) is 0. The average molecular weight is 437 g/mol. The van der Waals surface area contributed by atoms with Crippen molar-refractivity contribution in [3.8, 4) is 0 Å². The molecule has 0 fully saturated rings. The fourth-order valence-electron chi connectivity index (χ4n) is 3.78. The quantitative estimate of drug-likeness (QED) is 0.273. The lowest BCUT2D eigenvalue weighted by atomic mass is 9.88. The molecule has 0 saturated carbocycles. The number of alkyl halides is 2. The highest BCUT2D eigenvalue weighted by atomic mass is 35.5. The van der Waals surface area contributed by atoms with E-state index >= 15 is 0 Å². The SMILES string of the molecule is CC1=C(C)C[P@]2(=S)OC(c3ccccc3)=C[C@]2(c2ccccc2)C1.ClCCl. The van der Waals surface area contributed by atoms with E-state index in [1.165, 1.54) is 16.7 Å². The van der Waals surface area contributed by atoms with Gasteiger partial charge in [0.2, 0.25) is 0 Å². The maximum absolute atomic E-state index is 6.57. The molecule has 0 amide bonds. The summed E-state index contributed by atoms with van der Waals surface area (Å²) in [6.45, 7) is 4.45. The molecule has 0 N–H and O–H groups in total. The minimum atomic E-state index is -2.06. The van der Waals surface area contributed by atoms with Crippen molar-refractivity contribution in [3.63, 3.8) is 0 Å². The van der Waals surface area contributed by atoms with E-state index in [1.54, 1.807) is 0 Å². The van der Waals surface area contributed by atoms with Gasteiger partial charge < -0.3 is 4.52 Å². The van der Waals surface area contributed by atoms with Crippen LogP contribution in [0.3, 0.4) is 0 Å². The second-order valence-electron chi connectivity index (χ2n) is 6.93. The number of benzene rings is 2. The van der Waals surface area contributed by atoms with Gasteiger partial charge in [-0.3, -0.25) is 0 Å². The van der Waals surface area contributed by atoms with Crippen molar-refractivity contribution in [2.75, 3.05) is 11.5 Å². The minimum Gasteiger partial charge on any atom is -0.465 e. The Hall–Kier alpha value is -1.05. The molecule has 0 radical (unpaired) electrons. The van der Waals surface area contributed by atoms with Crippen molar-refractivity contribution in [1.82, 2.24) is 0 Å². The van der Waals surface area contributed by atoms with Crippen LogP contribution in [0.15, 0.2) is 77.9 Å². The minimum absolute atomic E-state index is 0.168. The Balaban J connectivity index is 0.000000659. The molecule has 27 heavy (non-hydrogen) atoms. The van der Waals surface area contributed by atoms with E-state index in [1.807, 2.05) is 6.07 Å². The second-order valence-corrected chi connectivity index (χ2v) is 12.1. The highest BCUT2D eigenvalue weighted by Crippen LogP contribution is 2.75. The summed E-state index contributed by atoms with van der Waals surface area (Å²) in [4.78, 5) is 0. The van der Waals surface area contributed by atoms with Crippen LogP contribution in [0.2, 0.25) is 0 Å². The van der Waals surface area contributed by atoms with Crippen LogP contribution in [0.25, 0.3) is 5.76 Å². The fourth-order valence-corrected chi connectivity index (χ4v) is 8.48. The van der Waals surface area contributed by atoms with Crippen LogP contribution in [-0.4, -0.2) is 11.5 Å². The molecule has 1 nitrogen and oxygen atoms in total. The van der Waals surface area contributed by atoms with Gasteiger partial charge in [-0.15, -0.1) is 23.2 Å². The average Bonchev–Trinajstić information content (AvgIpc) is 2.97. The standard InChI is InChI=1S/C21H21OPS.CH2Cl2/c1-16-13-21(19-11-7-4-8-12-19)14-20(18-9-5-3-6-10-18)22-23(21,24)15-17(16)2;2-1-3/h3-12,14H,13,15H2,1-2H3;1H2/t21-,23+;/m0./s1. The Morgan fingerprint density at radius 2 is 1.52 bits per heavy atom. The van der Waals surface area contributed by atoms with E-state index in [9.17, 15) is 0 Å². The highest BCUT2D eigenvalue weighted by Gasteiger charge is 2.53. The van der Waals surface area contributed by atoms with Crippen molar-refractivity contribution in [3.05, 3.63) is 89.0 Å². The van der Waals surface area contributed by atoms with Crippen molar-refractivity contribution < 1.29 is 4.52 Å². The highest BCUT2D eigenvalue weighted by molar-refractivity contribution is 8.13. The van der Waals surface area contributed by atoms with E-state index in [0.717, 1.165) is 23.9 Å². The summed E-state index contributed by atoms with van der Waals surface area (Å²) in [6, 6.07) is 21.1. The third-order valence-corrected chi connectivity index (χ3v) is 10.00. The molecule has 0 unspecified atom stereocenters. The van der Waals surface area contributed by atoms with Gasteiger partial charge in [0.15, 0.2) is 0 Å². The largest absolute Gasteiger partial charge is 0.465 e. The van der Waals surface area contributed by atoms with Gasteiger partial charge in [0.25, 0.3) is 0 Å². The predicted octanol–water partition coefficient (Wildman–Crippen LogP) is 7.51. The van der Waals surface area contributed by atoms with Gasteiger partial charge in [-0.2, -0.15) is 0 Å². The molecule has 2 atom stereocenters. The summed E-state index contributed by atoms with van der Waals surface area (Å²) < 4.78 is 6.57. The van der Waals surface area contributed by atoms with E-state index in [-0.39, 0.29) is 10.5 Å². The first-order valence-corrected chi connectivity index (χ1v) is 12.8. The molecule has 2 aliphatic rings. The zero-order chi connectivity index (χ0) is 19.5. The molecule has 0 aliphatic carbocycles. The first kappa shape index (κ1) is 20.7. The molecule has 0 saturated heterocycles. The molecule has 142 valence electrons. The normalized spacial score (nSPS) is 26.4. The number of halogens is 2. The van der Waals surface area contributed by atoms with Crippen LogP contribution in [0.5, 0.6) is 0 Å². The topological polar surface area (TPSA) is 9.23 Å².